The second-order valence-electron chi connectivity index (χ2n) is 6.03. The SMILES string of the molecule is CC(F)COc1ncc2nc(OC3CCCCC3)n(C)c2c1Cl. The van der Waals surface area contributed by atoms with Crippen LogP contribution in [0.2, 0.25) is 5.02 Å². The van der Waals surface area contributed by atoms with Crippen molar-refractivity contribution in [3.05, 3.63) is 11.2 Å². The van der Waals surface area contributed by atoms with Crippen LogP contribution in [0.3, 0.4) is 0 Å². The first-order valence-corrected chi connectivity index (χ1v) is 8.38. The normalized spacial score (nSPS) is 17.4. The monoisotopic (exact) mass is 341 g/mol. The van der Waals surface area contributed by atoms with Crippen LogP contribution in [0, 0.1) is 0 Å². The molecule has 1 unspecified atom stereocenters. The summed E-state index contributed by atoms with van der Waals surface area (Å²) < 4.78 is 26.1. The number of halogens is 2. The number of pyridine rings is 1. The first kappa shape index (κ1) is 16.3. The summed E-state index contributed by atoms with van der Waals surface area (Å²) in [7, 11) is 1.85. The molecule has 0 saturated heterocycles. The number of ether oxygens (including phenoxy) is 2. The van der Waals surface area contributed by atoms with Crippen molar-refractivity contribution >= 4 is 22.6 Å². The van der Waals surface area contributed by atoms with Crippen molar-refractivity contribution in [3.8, 4) is 11.9 Å². The molecule has 2 heterocycles. The van der Waals surface area contributed by atoms with Gasteiger partial charge in [0.1, 0.15) is 29.4 Å². The maximum atomic E-state index is 12.9. The summed E-state index contributed by atoms with van der Waals surface area (Å²) in [6.45, 7) is 1.34. The third kappa shape index (κ3) is 3.52. The Morgan fingerprint density at radius 3 is 2.83 bits per heavy atom. The largest absolute Gasteiger partial charge is 0.473 e. The molecule has 2 aromatic heterocycles. The summed E-state index contributed by atoms with van der Waals surface area (Å²) in [5.41, 5.74) is 1.33. The van der Waals surface area contributed by atoms with Crippen molar-refractivity contribution in [2.75, 3.05) is 6.61 Å². The Bertz CT molecular complexity index is 684. The minimum atomic E-state index is -1.08. The topological polar surface area (TPSA) is 49.2 Å². The van der Waals surface area contributed by atoms with Gasteiger partial charge in [-0.05, 0) is 32.6 Å². The predicted octanol–water partition coefficient (Wildman–Crippen LogP) is 4.07. The zero-order chi connectivity index (χ0) is 16.4. The van der Waals surface area contributed by atoms with Gasteiger partial charge in [0, 0.05) is 7.05 Å². The summed E-state index contributed by atoms with van der Waals surface area (Å²) in [4.78, 5) is 8.60. The first-order chi connectivity index (χ1) is 11.1. The van der Waals surface area contributed by atoms with Gasteiger partial charge in [-0.25, -0.2) is 9.37 Å². The quantitative estimate of drug-likeness (QED) is 0.822. The average Bonchev–Trinajstić information content (AvgIpc) is 2.84. The number of imidazole rings is 1. The molecule has 0 amide bonds. The Kier molecular flexibility index (Phi) is 4.90. The zero-order valence-electron chi connectivity index (χ0n) is 13.4. The first-order valence-electron chi connectivity index (χ1n) is 8.00. The van der Waals surface area contributed by atoms with Crippen LogP contribution < -0.4 is 9.47 Å². The van der Waals surface area contributed by atoms with E-state index in [9.17, 15) is 4.39 Å². The van der Waals surface area contributed by atoms with Gasteiger partial charge in [0.2, 0.25) is 5.88 Å². The highest BCUT2D eigenvalue weighted by Gasteiger charge is 2.21. The molecule has 5 nitrogen and oxygen atoms in total. The number of hydrogen-bond acceptors (Lipinski definition) is 4. The average molecular weight is 342 g/mol. The van der Waals surface area contributed by atoms with E-state index in [1.807, 2.05) is 7.05 Å². The highest BCUT2D eigenvalue weighted by atomic mass is 35.5. The molecule has 1 saturated carbocycles. The van der Waals surface area contributed by atoms with E-state index in [1.165, 1.54) is 26.2 Å². The molecule has 0 radical (unpaired) electrons. The van der Waals surface area contributed by atoms with Crippen molar-refractivity contribution in [2.45, 2.75) is 51.3 Å². The highest BCUT2D eigenvalue weighted by molar-refractivity contribution is 6.36. The van der Waals surface area contributed by atoms with Gasteiger partial charge < -0.3 is 9.47 Å². The molecule has 1 atom stereocenters. The van der Waals surface area contributed by atoms with Crippen LogP contribution in [0.4, 0.5) is 4.39 Å². The zero-order valence-corrected chi connectivity index (χ0v) is 14.1. The Hall–Kier alpha value is -1.56. The molecular formula is C16H21ClFN3O2. The summed E-state index contributed by atoms with van der Waals surface area (Å²) in [6, 6.07) is 0.534. The Labute approximate surface area is 139 Å². The van der Waals surface area contributed by atoms with E-state index in [0.29, 0.717) is 22.1 Å². The molecule has 0 bridgehead atoms. The van der Waals surface area contributed by atoms with E-state index < -0.39 is 6.17 Å². The third-order valence-corrected chi connectivity index (χ3v) is 4.40. The van der Waals surface area contributed by atoms with Gasteiger partial charge in [0.15, 0.2) is 0 Å². The lowest BCUT2D eigenvalue weighted by Crippen LogP contribution is -2.21. The molecule has 0 N–H and O–H groups in total. The number of fused-ring (bicyclic) bond motifs is 1. The Morgan fingerprint density at radius 2 is 2.13 bits per heavy atom. The second-order valence-corrected chi connectivity index (χ2v) is 6.41. The molecule has 7 heteroatoms. The van der Waals surface area contributed by atoms with Gasteiger partial charge >= 0.3 is 0 Å². The van der Waals surface area contributed by atoms with Crippen LogP contribution in [0.25, 0.3) is 11.0 Å². The van der Waals surface area contributed by atoms with Gasteiger partial charge in [-0.1, -0.05) is 18.0 Å². The fourth-order valence-corrected chi connectivity index (χ4v) is 3.18. The summed E-state index contributed by atoms with van der Waals surface area (Å²) >= 11 is 6.36. The van der Waals surface area contributed by atoms with Gasteiger partial charge in [-0.3, -0.25) is 4.57 Å². The molecule has 1 fully saturated rings. The number of alkyl halides is 1. The molecule has 126 valence electrons. The van der Waals surface area contributed by atoms with Crippen molar-refractivity contribution in [3.63, 3.8) is 0 Å². The minimum absolute atomic E-state index is 0.0818. The van der Waals surface area contributed by atoms with E-state index in [1.54, 1.807) is 10.8 Å². The van der Waals surface area contributed by atoms with Crippen LogP contribution in [-0.4, -0.2) is 33.4 Å². The van der Waals surface area contributed by atoms with E-state index in [2.05, 4.69) is 9.97 Å². The molecule has 23 heavy (non-hydrogen) atoms. The fourth-order valence-electron chi connectivity index (χ4n) is 2.86. The lowest BCUT2D eigenvalue weighted by Gasteiger charge is -2.22. The number of aryl methyl sites for hydroxylation is 1. The fraction of sp³-hybridized carbons (Fsp3) is 0.625. The molecule has 3 rings (SSSR count). The Morgan fingerprint density at radius 1 is 1.39 bits per heavy atom. The Balaban J connectivity index is 1.87. The van der Waals surface area contributed by atoms with Crippen molar-refractivity contribution in [1.29, 1.82) is 0 Å². The summed E-state index contributed by atoms with van der Waals surface area (Å²) in [5, 5.41) is 0.330. The van der Waals surface area contributed by atoms with E-state index in [0.717, 1.165) is 12.8 Å². The third-order valence-electron chi connectivity index (χ3n) is 4.05. The predicted molar refractivity (Wildman–Crippen MR) is 87.1 cm³/mol. The maximum Gasteiger partial charge on any atom is 0.297 e. The lowest BCUT2D eigenvalue weighted by molar-refractivity contribution is 0.138. The summed E-state index contributed by atoms with van der Waals surface area (Å²) in [6.07, 6.45) is 6.45. The van der Waals surface area contributed by atoms with Crippen molar-refractivity contribution < 1.29 is 13.9 Å². The smallest absolute Gasteiger partial charge is 0.297 e. The number of aromatic nitrogens is 3. The number of nitrogens with zero attached hydrogens (tertiary/aromatic N) is 3. The van der Waals surface area contributed by atoms with Crippen LogP contribution in [0.1, 0.15) is 39.0 Å². The molecule has 0 aromatic carbocycles. The van der Waals surface area contributed by atoms with Crippen LogP contribution in [-0.2, 0) is 7.05 Å². The van der Waals surface area contributed by atoms with E-state index in [4.69, 9.17) is 21.1 Å². The molecule has 2 aromatic rings. The highest BCUT2D eigenvalue weighted by Crippen LogP contribution is 2.33. The molecule has 1 aliphatic rings. The molecule has 0 spiro atoms. The molecule has 1 aliphatic carbocycles. The van der Waals surface area contributed by atoms with Gasteiger partial charge in [-0.2, -0.15) is 4.98 Å². The standard InChI is InChI=1S/C16H21ClFN3O2/c1-10(18)9-22-15-13(17)14-12(8-19-15)20-16(21(14)2)23-11-6-4-3-5-7-11/h8,10-11H,3-7,9H2,1-2H3. The number of hydrogen-bond donors (Lipinski definition) is 0. The lowest BCUT2D eigenvalue weighted by atomic mass is 9.98. The van der Waals surface area contributed by atoms with Gasteiger partial charge in [0.25, 0.3) is 6.01 Å². The van der Waals surface area contributed by atoms with Crippen molar-refractivity contribution in [2.24, 2.45) is 7.05 Å². The van der Waals surface area contributed by atoms with Gasteiger partial charge in [0.05, 0.1) is 11.7 Å². The summed E-state index contributed by atoms with van der Waals surface area (Å²) in [5.74, 6) is 0.218. The molecule has 0 aliphatic heterocycles. The van der Waals surface area contributed by atoms with E-state index in [-0.39, 0.29) is 18.6 Å². The second kappa shape index (κ2) is 6.91. The minimum Gasteiger partial charge on any atom is -0.473 e. The maximum absolute atomic E-state index is 12.9. The van der Waals surface area contributed by atoms with Crippen LogP contribution >= 0.6 is 11.6 Å². The number of rotatable bonds is 5. The van der Waals surface area contributed by atoms with E-state index >= 15 is 0 Å². The molecular weight excluding hydrogens is 321 g/mol. The van der Waals surface area contributed by atoms with Crippen LogP contribution in [0.5, 0.6) is 11.9 Å². The van der Waals surface area contributed by atoms with Crippen LogP contribution in [0.15, 0.2) is 6.20 Å². The van der Waals surface area contributed by atoms with Crippen molar-refractivity contribution in [1.82, 2.24) is 14.5 Å². The van der Waals surface area contributed by atoms with Gasteiger partial charge in [-0.15, -0.1) is 0 Å².